The molecule has 0 aliphatic carbocycles. The maximum absolute atomic E-state index is 12.6. The van der Waals surface area contributed by atoms with Crippen molar-refractivity contribution in [3.8, 4) is 11.5 Å². The standard InChI is InChI=1S/C25H25N3O4/c1-31-20-9-10-22-21(14-20)19(15-27-22)11-12-26-24(29)16-28-13-5-8-23(25(28)30)32-17-18-6-3-2-4-7-18/h2-10,13-15,27H,11-12,16-17H2,1H3,(H,26,29). The zero-order chi connectivity index (χ0) is 22.3. The van der Waals surface area contributed by atoms with E-state index in [1.165, 1.54) is 4.57 Å². The number of rotatable bonds is 9. The number of aromatic amines is 1. The number of carbonyl (C=O) groups is 1. The molecule has 4 aromatic rings. The van der Waals surface area contributed by atoms with Crippen molar-refractivity contribution in [2.45, 2.75) is 19.6 Å². The average molecular weight is 431 g/mol. The number of ether oxygens (including phenoxy) is 2. The van der Waals surface area contributed by atoms with Crippen LogP contribution in [0.3, 0.4) is 0 Å². The second-order valence-corrected chi connectivity index (χ2v) is 7.41. The minimum absolute atomic E-state index is 0.0664. The largest absolute Gasteiger partial charge is 0.497 e. The third-order valence-electron chi connectivity index (χ3n) is 5.23. The molecule has 2 heterocycles. The van der Waals surface area contributed by atoms with Crippen molar-refractivity contribution in [2.24, 2.45) is 0 Å². The minimum atomic E-state index is -0.331. The summed E-state index contributed by atoms with van der Waals surface area (Å²) in [7, 11) is 1.64. The lowest BCUT2D eigenvalue weighted by Crippen LogP contribution is -2.33. The van der Waals surface area contributed by atoms with E-state index in [-0.39, 0.29) is 23.8 Å². The van der Waals surface area contributed by atoms with Gasteiger partial charge in [0.2, 0.25) is 5.91 Å². The summed E-state index contributed by atoms with van der Waals surface area (Å²) >= 11 is 0. The Bertz CT molecular complexity index is 1260. The molecule has 0 spiro atoms. The Morgan fingerprint density at radius 2 is 1.94 bits per heavy atom. The van der Waals surface area contributed by atoms with E-state index < -0.39 is 0 Å². The van der Waals surface area contributed by atoms with Gasteiger partial charge in [0.15, 0.2) is 5.75 Å². The third kappa shape index (κ3) is 5.00. The highest BCUT2D eigenvalue weighted by atomic mass is 16.5. The fourth-order valence-electron chi connectivity index (χ4n) is 3.52. The number of benzene rings is 2. The topological polar surface area (TPSA) is 85.3 Å². The predicted molar refractivity (Wildman–Crippen MR) is 123 cm³/mol. The van der Waals surface area contributed by atoms with Gasteiger partial charge in [-0.1, -0.05) is 30.3 Å². The van der Waals surface area contributed by atoms with Crippen LogP contribution in [-0.4, -0.2) is 29.1 Å². The first-order valence-corrected chi connectivity index (χ1v) is 10.4. The number of nitrogens with one attached hydrogen (secondary N) is 2. The van der Waals surface area contributed by atoms with E-state index in [1.807, 2.05) is 54.7 Å². The number of aromatic nitrogens is 2. The second-order valence-electron chi connectivity index (χ2n) is 7.41. The summed E-state index contributed by atoms with van der Waals surface area (Å²) in [6.07, 6.45) is 4.19. The van der Waals surface area contributed by atoms with Crippen molar-refractivity contribution in [2.75, 3.05) is 13.7 Å². The fourth-order valence-corrected chi connectivity index (χ4v) is 3.52. The van der Waals surface area contributed by atoms with Crippen molar-refractivity contribution in [3.05, 3.63) is 94.5 Å². The molecule has 2 N–H and O–H groups in total. The maximum Gasteiger partial charge on any atom is 0.293 e. The van der Waals surface area contributed by atoms with Crippen LogP contribution >= 0.6 is 0 Å². The van der Waals surface area contributed by atoms with E-state index in [2.05, 4.69) is 10.3 Å². The SMILES string of the molecule is COc1ccc2[nH]cc(CCNC(=O)Cn3cccc(OCc4ccccc4)c3=O)c2c1. The van der Waals surface area contributed by atoms with Gasteiger partial charge in [0.1, 0.15) is 18.9 Å². The zero-order valence-corrected chi connectivity index (χ0v) is 17.8. The molecule has 4 rings (SSSR count). The van der Waals surface area contributed by atoms with Crippen LogP contribution in [0.15, 0.2) is 77.9 Å². The number of methoxy groups -OCH3 is 1. The summed E-state index contributed by atoms with van der Waals surface area (Å²) in [5, 5.41) is 3.95. The van der Waals surface area contributed by atoms with E-state index >= 15 is 0 Å². The number of hydrogen-bond donors (Lipinski definition) is 2. The number of nitrogens with zero attached hydrogens (tertiary/aromatic N) is 1. The fraction of sp³-hybridized carbons (Fsp3) is 0.200. The van der Waals surface area contributed by atoms with Crippen molar-refractivity contribution >= 4 is 16.8 Å². The molecule has 32 heavy (non-hydrogen) atoms. The molecule has 0 atom stereocenters. The smallest absolute Gasteiger partial charge is 0.293 e. The van der Waals surface area contributed by atoms with Gasteiger partial charge in [-0.3, -0.25) is 9.59 Å². The first kappa shape index (κ1) is 21.2. The number of carbonyl (C=O) groups excluding carboxylic acids is 1. The van der Waals surface area contributed by atoms with Crippen LogP contribution in [0.5, 0.6) is 11.5 Å². The third-order valence-corrected chi connectivity index (χ3v) is 5.23. The summed E-state index contributed by atoms with van der Waals surface area (Å²) in [6, 6.07) is 18.8. The van der Waals surface area contributed by atoms with Crippen LogP contribution < -0.4 is 20.3 Å². The Balaban J connectivity index is 1.33. The highest BCUT2D eigenvalue weighted by Gasteiger charge is 2.10. The van der Waals surface area contributed by atoms with Crippen molar-refractivity contribution in [3.63, 3.8) is 0 Å². The molecule has 7 heteroatoms. The zero-order valence-electron chi connectivity index (χ0n) is 17.8. The summed E-state index contributed by atoms with van der Waals surface area (Å²) in [4.78, 5) is 28.3. The molecular weight excluding hydrogens is 406 g/mol. The van der Waals surface area contributed by atoms with Gasteiger partial charge >= 0.3 is 0 Å². The Morgan fingerprint density at radius 3 is 2.75 bits per heavy atom. The normalized spacial score (nSPS) is 10.8. The van der Waals surface area contributed by atoms with E-state index in [1.54, 1.807) is 25.4 Å². The molecule has 0 saturated carbocycles. The summed E-state index contributed by atoms with van der Waals surface area (Å²) in [5.41, 5.74) is 2.75. The Morgan fingerprint density at radius 1 is 1.09 bits per heavy atom. The molecule has 1 amide bonds. The second kappa shape index (κ2) is 9.87. The van der Waals surface area contributed by atoms with E-state index in [9.17, 15) is 9.59 Å². The minimum Gasteiger partial charge on any atom is -0.497 e. The first-order chi connectivity index (χ1) is 15.6. The number of hydrogen-bond acceptors (Lipinski definition) is 4. The summed E-state index contributed by atoms with van der Waals surface area (Å²) in [6.45, 7) is 0.687. The monoisotopic (exact) mass is 431 g/mol. The number of fused-ring (bicyclic) bond motifs is 1. The molecule has 0 aliphatic rings. The van der Waals surface area contributed by atoms with E-state index in [4.69, 9.17) is 9.47 Å². The van der Waals surface area contributed by atoms with Gasteiger partial charge in [-0.05, 0) is 47.9 Å². The van der Waals surface area contributed by atoms with Crippen molar-refractivity contribution in [1.82, 2.24) is 14.9 Å². The lowest BCUT2D eigenvalue weighted by atomic mass is 10.1. The van der Waals surface area contributed by atoms with Crippen molar-refractivity contribution < 1.29 is 14.3 Å². The van der Waals surface area contributed by atoms with Crippen molar-refractivity contribution in [1.29, 1.82) is 0 Å². The molecule has 0 aliphatic heterocycles. The molecule has 2 aromatic heterocycles. The van der Waals surface area contributed by atoms with Gasteiger partial charge in [0.05, 0.1) is 7.11 Å². The summed E-state index contributed by atoms with van der Waals surface area (Å²) < 4.78 is 12.3. The maximum atomic E-state index is 12.6. The molecule has 0 unspecified atom stereocenters. The summed E-state index contributed by atoms with van der Waals surface area (Å²) in [5.74, 6) is 0.776. The highest BCUT2D eigenvalue weighted by molar-refractivity contribution is 5.84. The van der Waals surface area contributed by atoms with Gasteiger partial charge in [-0.15, -0.1) is 0 Å². The first-order valence-electron chi connectivity index (χ1n) is 10.4. The predicted octanol–water partition coefficient (Wildman–Crippen LogP) is 3.28. The Kier molecular flexibility index (Phi) is 6.55. The van der Waals surface area contributed by atoms with Crippen LogP contribution in [0.4, 0.5) is 0 Å². The van der Waals surface area contributed by atoms with E-state index in [0.29, 0.717) is 19.6 Å². The molecule has 0 fully saturated rings. The van der Waals surface area contributed by atoms with Crippen LogP contribution in [-0.2, 0) is 24.4 Å². The molecule has 0 radical (unpaired) electrons. The molecular formula is C25H25N3O4. The van der Waals surface area contributed by atoms with Gasteiger partial charge in [-0.25, -0.2) is 0 Å². The number of amides is 1. The van der Waals surface area contributed by atoms with Gasteiger partial charge in [0, 0.05) is 29.8 Å². The lowest BCUT2D eigenvalue weighted by molar-refractivity contribution is -0.121. The van der Waals surface area contributed by atoms with Gasteiger partial charge in [0.25, 0.3) is 5.56 Å². The molecule has 0 bridgehead atoms. The Labute approximate surface area is 185 Å². The molecule has 164 valence electrons. The lowest BCUT2D eigenvalue weighted by Gasteiger charge is -2.10. The van der Waals surface area contributed by atoms with Crippen LogP contribution in [0, 0.1) is 0 Å². The number of pyridine rings is 1. The molecule has 0 saturated heterocycles. The van der Waals surface area contributed by atoms with Gasteiger partial charge in [-0.2, -0.15) is 0 Å². The van der Waals surface area contributed by atoms with E-state index in [0.717, 1.165) is 27.8 Å². The van der Waals surface area contributed by atoms with Crippen LogP contribution in [0.25, 0.3) is 10.9 Å². The molecule has 7 nitrogen and oxygen atoms in total. The number of H-pyrrole nitrogens is 1. The molecule has 2 aromatic carbocycles. The quantitative estimate of drug-likeness (QED) is 0.426. The Hall–Kier alpha value is -4.00. The highest BCUT2D eigenvalue weighted by Crippen LogP contribution is 2.23. The van der Waals surface area contributed by atoms with Crippen LogP contribution in [0.1, 0.15) is 11.1 Å². The average Bonchev–Trinajstić information content (AvgIpc) is 3.22. The van der Waals surface area contributed by atoms with Gasteiger partial charge < -0.3 is 24.3 Å². The van der Waals surface area contributed by atoms with Crippen LogP contribution in [0.2, 0.25) is 0 Å².